The summed E-state index contributed by atoms with van der Waals surface area (Å²) in [6.45, 7) is 4.06. The summed E-state index contributed by atoms with van der Waals surface area (Å²) in [5, 5.41) is 15.3. The lowest BCUT2D eigenvalue weighted by Gasteiger charge is -2.08. The highest BCUT2D eigenvalue weighted by molar-refractivity contribution is 6.17. The third-order valence-electron chi connectivity index (χ3n) is 3.54. The van der Waals surface area contributed by atoms with Gasteiger partial charge in [0.15, 0.2) is 0 Å². The highest BCUT2D eigenvalue weighted by atomic mass is 16.6. The molecule has 1 aliphatic rings. The molecule has 3 rings (SSSR count). The van der Waals surface area contributed by atoms with Crippen LogP contribution in [0.1, 0.15) is 25.0 Å². The Morgan fingerprint density at radius 3 is 2.64 bits per heavy atom. The Hall–Kier alpha value is -3.35. The zero-order valence-electron chi connectivity index (χ0n) is 13.9. The van der Waals surface area contributed by atoms with Crippen molar-refractivity contribution in [3.8, 4) is 0 Å². The van der Waals surface area contributed by atoms with E-state index in [2.05, 4.69) is 20.5 Å². The summed E-state index contributed by atoms with van der Waals surface area (Å²) in [6.07, 6.45) is 0. The summed E-state index contributed by atoms with van der Waals surface area (Å²) in [7, 11) is 0. The van der Waals surface area contributed by atoms with Crippen molar-refractivity contribution in [2.45, 2.75) is 13.8 Å². The summed E-state index contributed by atoms with van der Waals surface area (Å²) in [5.74, 6) is 0.585. The van der Waals surface area contributed by atoms with E-state index >= 15 is 0 Å². The van der Waals surface area contributed by atoms with Crippen molar-refractivity contribution < 1.29 is 4.92 Å². The summed E-state index contributed by atoms with van der Waals surface area (Å²) in [4.78, 5) is 19.9. The molecule has 0 saturated heterocycles. The molecule has 0 aliphatic carbocycles. The van der Waals surface area contributed by atoms with Crippen molar-refractivity contribution in [3.63, 3.8) is 0 Å². The number of nitrogens with zero attached hydrogens (tertiary/aromatic N) is 4. The Morgan fingerprint density at radius 1 is 1.20 bits per heavy atom. The van der Waals surface area contributed by atoms with E-state index < -0.39 is 4.92 Å². The molecule has 1 N–H and O–H groups in total. The molecule has 1 aliphatic heterocycles. The van der Waals surface area contributed by atoms with Gasteiger partial charge in [-0.05, 0) is 19.9 Å². The summed E-state index contributed by atoms with van der Waals surface area (Å²) in [6, 6.07) is 14.2. The van der Waals surface area contributed by atoms with E-state index in [0.717, 1.165) is 11.3 Å². The number of nitrogens with one attached hydrogen (secondary N) is 1. The molecule has 2 aromatic rings. The minimum absolute atomic E-state index is 0.0106. The molecule has 0 aromatic heterocycles. The number of hydrogen-bond acceptors (Lipinski definition) is 6. The van der Waals surface area contributed by atoms with E-state index in [4.69, 9.17) is 0 Å². The lowest BCUT2D eigenvalue weighted by atomic mass is 10.00. The van der Waals surface area contributed by atoms with Crippen molar-refractivity contribution in [3.05, 3.63) is 69.8 Å². The van der Waals surface area contributed by atoms with Crippen molar-refractivity contribution >= 4 is 28.6 Å². The average Bonchev–Trinajstić information content (AvgIpc) is 2.79. The number of fused-ring (bicyclic) bond motifs is 1. The molecule has 25 heavy (non-hydrogen) atoms. The third kappa shape index (κ3) is 3.77. The first-order valence-electron chi connectivity index (χ1n) is 7.78. The first-order chi connectivity index (χ1) is 12.0. The molecule has 7 heteroatoms. The zero-order chi connectivity index (χ0) is 17.8. The minimum atomic E-state index is -0.415. The van der Waals surface area contributed by atoms with Gasteiger partial charge in [0.25, 0.3) is 5.69 Å². The first kappa shape index (κ1) is 16.5. The number of hydrazone groups is 1. The van der Waals surface area contributed by atoms with Crippen LogP contribution in [0.25, 0.3) is 0 Å². The van der Waals surface area contributed by atoms with Crippen LogP contribution in [0.2, 0.25) is 0 Å². The Bertz CT molecular complexity index is 897. The van der Waals surface area contributed by atoms with Gasteiger partial charge in [-0.25, -0.2) is 4.99 Å². The van der Waals surface area contributed by atoms with Gasteiger partial charge < -0.3 is 0 Å². The Morgan fingerprint density at radius 2 is 1.96 bits per heavy atom. The second kappa shape index (κ2) is 7.04. The Balaban J connectivity index is 2.12. The average molecular weight is 335 g/mol. The predicted molar refractivity (Wildman–Crippen MR) is 99.1 cm³/mol. The quantitative estimate of drug-likeness (QED) is 0.529. The highest BCUT2D eigenvalue weighted by Crippen LogP contribution is 2.29. The highest BCUT2D eigenvalue weighted by Gasteiger charge is 2.19. The molecule has 126 valence electrons. The van der Waals surface area contributed by atoms with Crippen molar-refractivity contribution in [1.82, 2.24) is 5.43 Å². The predicted octanol–water partition coefficient (Wildman–Crippen LogP) is 3.46. The lowest BCUT2D eigenvalue weighted by Crippen LogP contribution is -2.21. The van der Waals surface area contributed by atoms with Gasteiger partial charge in [0.05, 0.1) is 22.9 Å². The van der Waals surface area contributed by atoms with E-state index in [9.17, 15) is 10.1 Å². The number of rotatable bonds is 3. The molecule has 0 atom stereocenters. The number of non-ortho nitro benzene ring substituents is 1. The first-order valence-corrected chi connectivity index (χ1v) is 7.78. The van der Waals surface area contributed by atoms with E-state index in [-0.39, 0.29) is 5.69 Å². The number of aliphatic imine (C=N–C) groups is 2. The SMILES string of the molecule is CC(C)=NNC1=Nc2ccc([N+](=O)[O-])cc2C(c2ccccc2)=NC1. The van der Waals surface area contributed by atoms with Crippen LogP contribution in [0.4, 0.5) is 11.4 Å². The zero-order valence-corrected chi connectivity index (χ0v) is 13.9. The molecule has 1 heterocycles. The standard InChI is InChI=1S/C18H17N5O2/c1-12(2)21-22-17-11-19-18(13-6-4-3-5-7-13)15-10-14(23(24)25)8-9-16(15)20-17/h3-10H,11H2,1-2H3,(H,20,22). The van der Waals surface area contributed by atoms with Crippen LogP contribution in [-0.4, -0.2) is 28.7 Å². The van der Waals surface area contributed by atoms with E-state index in [0.29, 0.717) is 29.3 Å². The second-order valence-corrected chi connectivity index (χ2v) is 5.72. The van der Waals surface area contributed by atoms with Gasteiger partial charge in [-0.3, -0.25) is 20.5 Å². The van der Waals surface area contributed by atoms with Crippen LogP contribution in [0.5, 0.6) is 0 Å². The molecule has 0 spiro atoms. The van der Waals surface area contributed by atoms with Gasteiger partial charge in [-0.2, -0.15) is 5.10 Å². The summed E-state index contributed by atoms with van der Waals surface area (Å²) < 4.78 is 0. The van der Waals surface area contributed by atoms with Crippen LogP contribution in [-0.2, 0) is 0 Å². The molecule has 0 radical (unpaired) electrons. The normalized spacial score (nSPS) is 13.0. The summed E-state index contributed by atoms with van der Waals surface area (Å²) >= 11 is 0. The molecule has 0 saturated carbocycles. The van der Waals surface area contributed by atoms with E-state index in [1.807, 2.05) is 44.2 Å². The fourth-order valence-electron chi connectivity index (χ4n) is 2.42. The number of nitro benzene ring substituents is 1. The van der Waals surface area contributed by atoms with Gasteiger partial charge >= 0.3 is 0 Å². The van der Waals surface area contributed by atoms with E-state index in [1.54, 1.807) is 6.07 Å². The van der Waals surface area contributed by atoms with Crippen LogP contribution in [0, 0.1) is 10.1 Å². The maximum Gasteiger partial charge on any atom is 0.270 e. The smallest absolute Gasteiger partial charge is 0.270 e. The number of benzene rings is 2. The maximum absolute atomic E-state index is 11.2. The van der Waals surface area contributed by atoms with Gasteiger partial charge in [0.2, 0.25) is 0 Å². The molecule has 0 bridgehead atoms. The van der Waals surface area contributed by atoms with Gasteiger partial charge in [0.1, 0.15) is 5.84 Å². The molecular weight excluding hydrogens is 318 g/mol. The van der Waals surface area contributed by atoms with Crippen molar-refractivity contribution in [2.75, 3.05) is 6.54 Å². The van der Waals surface area contributed by atoms with Crippen LogP contribution in [0.3, 0.4) is 0 Å². The monoisotopic (exact) mass is 335 g/mol. The lowest BCUT2D eigenvalue weighted by molar-refractivity contribution is -0.384. The number of hydrogen-bond donors (Lipinski definition) is 1. The molecule has 7 nitrogen and oxygen atoms in total. The maximum atomic E-state index is 11.2. The number of amidine groups is 1. The molecule has 0 unspecified atom stereocenters. The van der Waals surface area contributed by atoms with E-state index in [1.165, 1.54) is 12.1 Å². The van der Waals surface area contributed by atoms with Crippen molar-refractivity contribution in [2.24, 2.45) is 15.1 Å². The number of nitro groups is 1. The van der Waals surface area contributed by atoms with Gasteiger partial charge in [0, 0.05) is 29.0 Å². The van der Waals surface area contributed by atoms with Crippen molar-refractivity contribution in [1.29, 1.82) is 0 Å². The van der Waals surface area contributed by atoms with Gasteiger partial charge in [-0.1, -0.05) is 30.3 Å². The molecular formula is C18H17N5O2. The molecule has 0 fully saturated rings. The largest absolute Gasteiger partial charge is 0.276 e. The molecule has 2 aromatic carbocycles. The van der Waals surface area contributed by atoms with Crippen LogP contribution in [0.15, 0.2) is 63.6 Å². The second-order valence-electron chi connectivity index (χ2n) is 5.72. The Kier molecular flexibility index (Phi) is 4.65. The topological polar surface area (TPSA) is 92.2 Å². The fraction of sp³-hybridized carbons (Fsp3) is 0.167. The van der Waals surface area contributed by atoms with Crippen LogP contribution < -0.4 is 5.43 Å². The summed E-state index contributed by atoms with van der Waals surface area (Å²) in [5.41, 5.74) is 6.60. The van der Waals surface area contributed by atoms with Crippen LogP contribution >= 0.6 is 0 Å². The fourth-order valence-corrected chi connectivity index (χ4v) is 2.42. The molecule has 0 amide bonds. The minimum Gasteiger partial charge on any atom is -0.276 e. The third-order valence-corrected chi connectivity index (χ3v) is 3.54. The Labute approximate surface area is 145 Å². The van der Waals surface area contributed by atoms with Gasteiger partial charge in [-0.15, -0.1) is 0 Å².